The lowest BCUT2D eigenvalue weighted by Crippen LogP contribution is -2.33. The van der Waals surface area contributed by atoms with Gasteiger partial charge in [-0.25, -0.2) is 9.59 Å². The van der Waals surface area contributed by atoms with Crippen molar-refractivity contribution < 1.29 is 24.0 Å². The van der Waals surface area contributed by atoms with Crippen LogP contribution < -0.4 is 5.32 Å². The summed E-state index contributed by atoms with van der Waals surface area (Å²) in [7, 11) is 0. The summed E-state index contributed by atoms with van der Waals surface area (Å²) in [5.41, 5.74) is 1.79. The fourth-order valence-electron chi connectivity index (χ4n) is 3.73. The van der Waals surface area contributed by atoms with Gasteiger partial charge in [0, 0.05) is 41.0 Å². The third-order valence-electron chi connectivity index (χ3n) is 5.08. The lowest BCUT2D eigenvalue weighted by atomic mass is 9.79. The van der Waals surface area contributed by atoms with Gasteiger partial charge in [0.15, 0.2) is 0 Å². The molecule has 2 aromatic rings. The summed E-state index contributed by atoms with van der Waals surface area (Å²) in [6, 6.07) is 9.51. The highest BCUT2D eigenvalue weighted by molar-refractivity contribution is 6.00. The lowest BCUT2D eigenvalue weighted by Gasteiger charge is -2.30. The Morgan fingerprint density at radius 3 is 2.36 bits per heavy atom. The Kier molecular flexibility index (Phi) is 7.22. The van der Waals surface area contributed by atoms with Crippen LogP contribution in [0.5, 0.6) is 0 Å². The topological polar surface area (TPSA) is 121 Å². The number of esters is 2. The van der Waals surface area contributed by atoms with Crippen molar-refractivity contribution in [3.8, 4) is 0 Å². The van der Waals surface area contributed by atoms with Gasteiger partial charge in [-0.15, -0.1) is 0 Å². The first-order valence-electron chi connectivity index (χ1n) is 10.4. The number of hydrogen-bond acceptors (Lipinski definition) is 8. The van der Waals surface area contributed by atoms with Crippen molar-refractivity contribution in [2.24, 2.45) is 0 Å². The van der Waals surface area contributed by atoms with E-state index in [1.54, 1.807) is 58.3 Å². The molecule has 1 N–H and O–H groups in total. The number of allylic oxidation sites excluding steroid dienone is 2. The van der Waals surface area contributed by atoms with E-state index in [4.69, 9.17) is 9.47 Å². The number of nitro groups is 1. The van der Waals surface area contributed by atoms with Crippen LogP contribution in [0.25, 0.3) is 0 Å². The monoisotopic (exact) mass is 451 g/mol. The summed E-state index contributed by atoms with van der Waals surface area (Å²) in [6.07, 6.45) is 2.76. The largest absolute Gasteiger partial charge is 0.460 e. The number of nitro benzene ring substituents is 1. The second kappa shape index (κ2) is 10.1. The van der Waals surface area contributed by atoms with E-state index in [0.29, 0.717) is 17.0 Å². The molecular weight excluding hydrogens is 426 g/mol. The zero-order valence-electron chi connectivity index (χ0n) is 18.8. The van der Waals surface area contributed by atoms with Crippen LogP contribution in [-0.2, 0) is 25.7 Å². The van der Waals surface area contributed by atoms with Gasteiger partial charge in [-0.05, 0) is 33.8 Å². The van der Waals surface area contributed by atoms with Crippen LogP contribution in [0.15, 0.2) is 71.3 Å². The number of benzene rings is 1. The van der Waals surface area contributed by atoms with Crippen LogP contribution in [0, 0.1) is 10.1 Å². The summed E-state index contributed by atoms with van der Waals surface area (Å²) in [6.45, 7) is 6.69. The Bertz CT molecular complexity index is 1140. The number of nitrogens with zero attached hydrogens (tertiary/aromatic N) is 2. The van der Waals surface area contributed by atoms with Crippen molar-refractivity contribution in [2.75, 3.05) is 0 Å². The molecule has 1 aromatic heterocycles. The maximum atomic E-state index is 13.3. The molecule has 1 aromatic carbocycles. The second-order valence-electron chi connectivity index (χ2n) is 7.84. The molecule has 1 aliphatic heterocycles. The lowest BCUT2D eigenvalue weighted by molar-refractivity contribution is -0.385. The number of dihydropyridines is 1. The molecular formula is C24H25N3O6. The molecule has 9 heteroatoms. The average molecular weight is 451 g/mol. The van der Waals surface area contributed by atoms with Crippen molar-refractivity contribution in [3.63, 3.8) is 0 Å². The standard InChI is InChI=1S/C24H25N3O6/c1-14(2)33-24(29)21-16(4)26-15(3)20(23(28)32-13-17-8-7-11-25-12-17)22(21)18-9-5-6-10-19(18)27(30)31/h5-12,14,22,26H,13H2,1-4H3. The maximum absolute atomic E-state index is 13.3. The van der Waals surface area contributed by atoms with Gasteiger partial charge in [0.1, 0.15) is 6.61 Å². The molecule has 0 bridgehead atoms. The number of ether oxygens (including phenoxy) is 2. The van der Waals surface area contributed by atoms with Crippen LogP contribution in [0.1, 0.15) is 44.7 Å². The van der Waals surface area contributed by atoms with E-state index in [1.807, 2.05) is 0 Å². The molecule has 0 saturated carbocycles. The molecule has 0 aliphatic carbocycles. The summed E-state index contributed by atoms with van der Waals surface area (Å²) in [4.78, 5) is 41.6. The van der Waals surface area contributed by atoms with E-state index in [9.17, 15) is 19.7 Å². The minimum Gasteiger partial charge on any atom is -0.460 e. The second-order valence-corrected chi connectivity index (χ2v) is 7.84. The molecule has 0 saturated heterocycles. The molecule has 0 spiro atoms. The minimum atomic E-state index is -1.04. The number of aromatic nitrogens is 1. The van der Waals surface area contributed by atoms with E-state index in [-0.39, 0.29) is 29.0 Å². The molecule has 0 radical (unpaired) electrons. The van der Waals surface area contributed by atoms with Crippen molar-refractivity contribution in [2.45, 2.75) is 46.3 Å². The molecule has 1 unspecified atom stereocenters. The zero-order chi connectivity index (χ0) is 24.1. The van der Waals surface area contributed by atoms with Gasteiger partial charge in [0.25, 0.3) is 5.69 Å². The van der Waals surface area contributed by atoms with Gasteiger partial charge in [-0.3, -0.25) is 15.1 Å². The number of rotatable bonds is 7. The molecule has 1 atom stereocenters. The molecule has 9 nitrogen and oxygen atoms in total. The zero-order valence-corrected chi connectivity index (χ0v) is 18.8. The molecule has 0 fully saturated rings. The first kappa shape index (κ1) is 23.6. The van der Waals surface area contributed by atoms with Crippen molar-refractivity contribution in [1.82, 2.24) is 10.3 Å². The minimum absolute atomic E-state index is 0.0402. The van der Waals surface area contributed by atoms with Gasteiger partial charge >= 0.3 is 11.9 Å². The fraction of sp³-hybridized carbons (Fsp3) is 0.292. The predicted octanol–water partition coefficient (Wildman–Crippen LogP) is 3.92. The third-order valence-corrected chi connectivity index (χ3v) is 5.08. The number of pyridine rings is 1. The molecule has 0 amide bonds. The van der Waals surface area contributed by atoms with Crippen LogP contribution in [0.4, 0.5) is 5.69 Å². The van der Waals surface area contributed by atoms with Crippen molar-refractivity contribution in [1.29, 1.82) is 0 Å². The number of para-hydroxylation sites is 1. The Morgan fingerprint density at radius 2 is 1.76 bits per heavy atom. The summed E-state index contributed by atoms with van der Waals surface area (Å²) < 4.78 is 10.9. The van der Waals surface area contributed by atoms with Crippen LogP contribution in [-0.4, -0.2) is 27.9 Å². The normalized spacial score (nSPS) is 15.8. The number of carbonyl (C=O) groups is 2. The van der Waals surface area contributed by atoms with Gasteiger partial charge in [0.05, 0.1) is 28.1 Å². The third kappa shape index (κ3) is 5.25. The summed E-state index contributed by atoms with van der Waals surface area (Å²) >= 11 is 0. The Hall–Kier alpha value is -4.01. The number of carbonyl (C=O) groups excluding carboxylic acids is 2. The first-order valence-corrected chi connectivity index (χ1v) is 10.4. The first-order chi connectivity index (χ1) is 15.7. The Morgan fingerprint density at radius 1 is 1.09 bits per heavy atom. The van der Waals surface area contributed by atoms with E-state index in [0.717, 1.165) is 0 Å². The van der Waals surface area contributed by atoms with E-state index >= 15 is 0 Å². The van der Waals surface area contributed by atoms with E-state index in [1.165, 1.54) is 18.2 Å². The molecule has 2 heterocycles. The van der Waals surface area contributed by atoms with Crippen molar-refractivity contribution in [3.05, 3.63) is 92.6 Å². The number of nitrogens with one attached hydrogen (secondary N) is 1. The highest BCUT2D eigenvalue weighted by Gasteiger charge is 2.41. The summed E-state index contributed by atoms with van der Waals surface area (Å²) in [5.74, 6) is -2.40. The average Bonchev–Trinajstić information content (AvgIpc) is 2.77. The molecule has 3 rings (SSSR count). The highest BCUT2D eigenvalue weighted by Crippen LogP contribution is 2.42. The van der Waals surface area contributed by atoms with Gasteiger partial charge < -0.3 is 14.8 Å². The van der Waals surface area contributed by atoms with Crippen LogP contribution in [0.3, 0.4) is 0 Å². The number of hydrogen-bond donors (Lipinski definition) is 1. The molecule has 172 valence electrons. The van der Waals surface area contributed by atoms with Gasteiger partial charge in [0.2, 0.25) is 0 Å². The van der Waals surface area contributed by atoms with Crippen LogP contribution in [0.2, 0.25) is 0 Å². The van der Waals surface area contributed by atoms with Gasteiger partial charge in [-0.1, -0.05) is 24.3 Å². The van der Waals surface area contributed by atoms with Crippen molar-refractivity contribution >= 4 is 17.6 Å². The van der Waals surface area contributed by atoms with E-state index < -0.39 is 28.9 Å². The SMILES string of the molecule is CC1=C(C(=O)OCc2cccnc2)C(c2ccccc2[N+](=O)[O-])C(C(=O)OC(C)C)=C(C)N1. The molecule has 1 aliphatic rings. The smallest absolute Gasteiger partial charge is 0.337 e. The predicted molar refractivity (Wildman–Crippen MR) is 120 cm³/mol. The van der Waals surface area contributed by atoms with Gasteiger partial charge in [-0.2, -0.15) is 0 Å². The Labute approximate surface area is 191 Å². The summed E-state index contributed by atoms with van der Waals surface area (Å²) in [5, 5.41) is 14.8. The van der Waals surface area contributed by atoms with Crippen LogP contribution >= 0.6 is 0 Å². The Balaban J connectivity index is 2.10. The fourth-order valence-corrected chi connectivity index (χ4v) is 3.73. The van der Waals surface area contributed by atoms with E-state index in [2.05, 4.69) is 10.3 Å². The highest BCUT2D eigenvalue weighted by atomic mass is 16.6. The maximum Gasteiger partial charge on any atom is 0.337 e. The quantitative estimate of drug-likeness (QED) is 0.382. The molecule has 33 heavy (non-hydrogen) atoms.